The largest absolute Gasteiger partial charge is 0.379 e. The van der Waals surface area contributed by atoms with Crippen LogP contribution in [0.15, 0.2) is 47.5 Å². The molecule has 1 aromatic carbocycles. The molecule has 3 rings (SSSR count). The molecule has 10 nitrogen and oxygen atoms in total. The molecule has 3 amide bonds. The van der Waals surface area contributed by atoms with E-state index < -0.39 is 16.1 Å². The van der Waals surface area contributed by atoms with Gasteiger partial charge in [0, 0.05) is 37.9 Å². The van der Waals surface area contributed by atoms with Crippen molar-refractivity contribution in [2.45, 2.75) is 18.2 Å². The van der Waals surface area contributed by atoms with E-state index in [1.807, 2.05) is 13.0 Å². The Kier molecular flexibility index (Phi) is 7.55. The molecule has 1 aliphatic heterocycles. The molecule has 1 saturated heterocycles. The number of ether oxygens (including phenoxy) is 1. The molecule has 1 aromatic heterocycles. The standard InChI is InChI=1S/C20H25N5O5S/c1-15-5-6-18(22-14-15)24-19(26)7-8-21-20(27)23-16-3-2-4-17(13-16)31(28,29)25-9-11-30-12-10-25/h2-6,13-14H,7-12H2,1H3,(H2,21,23,27)(H,22,24,26). The first-order valence-corrected chi connectivity index (χ1v) is 11.2. The Bertz CT molecular complexity index is 1020. The zero-order chi connectivity index (χ0) is 22.3. The summed E-state index contributed by atoms with van der Waals surface area (Å²) in [5.74, 6) is 0.161. The molecule has 1 aliphatic rings. The quantitative estimate of drug-likeness (QED) is 0.591. The van der Waals surface area contributed by atoms with E-state index >= 15 is 0 Å². The molecule has 31 heavy (non-hydrogen) atoms. The summed E-state index contributed by atoms with van der Waals surface area (Å²) in [4.78, 5) is 28.2. The SMILES string of the molecule is Cc1ccc(NC(=O)CCNC(=O)Nc2cccc(S(=O)(=O)N3CCOCC3)c2)nc1. The van der Waals surface area contributed by atoms with E-state index in [0.29, 0.717) is 37.8 Å². The smallest absolute Gasteiger partial charge is 0.319 e. The zero-order valence-corrected chi connectivity index (χ0v) is 17.9. The predicted octanol–water partition coefficient (Wildman–Crippen LogP) is 1.56. The van der Waals surface area contributed by atoms with Crippen LogP contribution in [0.1, 0.15) is 12.0 Å². The van der Waals surface area contributed by atoms with Crippen molar-refractivity contribution in [3.8, 4) is 0 Å². The molecular formula is C20H25N5O5S. The highest BCUT2D eigenvalue weighted by Gasteiger charge is 2.26. The minimum atomic E-state index is -3.66. The molecule has 0 unspecified atom stereocenters. The molecular weight excluding hydrogens is 422 g/mol. The molecule has 11 heteroatoms. The van der Waals surface area contributed by atoms with Gasteiger partial charge in [0.15, 0.2) is 0 Å². The van der Waals surface area contributed by atoms with Gasteiger partial charge in [-0.3, -0.25) is 4.79 Å². The van der Waals surface area contributed by atoms with Gasteiger partial charge in [-0.05, 0) is 36.8 Å². The minimum absolute atomic E-state index is 0.0639. The molecule has 1 fully saturated rings. The van der Waals surface area contributed by atoms with Crippen LogP contribution in [0.3, 0.4) is 0 Å². The predicted molar refractivity (Wildman–Crippen MR) is 115 cm³/mol. The highest BCUT2D eigenvalue weighted by atomic mass is 32.2. The molecule has 0 atom stereocenters. The Morgan fingerprint density at radius 2 is 1.90 bits per heavy atom. The van der Waals surface area contributed by atoms with Crippen LogP contribution < -0.4 is 16.0 Å². The van der Waals surface area contributed by atoms with Gasteiger partial charge in [-0.25, -0.2) is 18.2 Å². The van der Waals surface area contributed by atoms with Gasteiger partial charge in [-0.15, -0.1) is 0 Å². The van der Waals surface area contributed by atoms with Gasteiger partial charge in [0.25, 0.3) is 0 Å². The summed E-state index contributed by atoms with van der Waals surface area (Å²) in [5.41, 5.74) is 1.32. The lowest BCUT2D eigenvalue weighted by atomic mass is 10.3. The van der Waals surface area contributed by atoms with E-state index in [1.165, 1.54) is 16.4 Å². The zero-order valence-electron chi connectivity index (χ0n) is 17.1. The van der Waals surface area contributed by atoms with Gasteiger partial charge in [0.2, 0.25) is 15.9 Å². The average molecular weight is 448 g/mol. The third-order valence-electron chi connectivity index (χ3n) is 4.52. The highest BCUT2D eigenvalue weighted by molar-refractivity contribution is 7.89. The van der Waals surface area contributed by atoms with Crippen molar-refractivity contribution in [3.63, 3.8) is 0 Å². The van der Waals surface area contributed by atoms with E-state index in [0.717, 1.165) is 5.56 Å². The van der Waals surface area contributed by atoms with Gasteiger partial charge >= 0.3 is 6.03 Å². The number of nitrogens with zero attached hydrogens (tertiary/aromatic N) is 2. The number of aromatic nitrogens is 1. The van der Waals surface area contributed by atoms with Crippen LogP contribution in [-0.2, 0) is 19.6 Å². The molecule has 0 spiro atoms. The number of benzene rings is 1. The Morgan fingerprint density at radius 3 is 2.61 bits per heavy atom. The van der Waals surface area contributed by atoms with Gasteiger partial charge in [-0.1, -0.05) is 12.1 Å². The third-order valence-corrected chi connectivity index (χ3v) is 6.41. The van der Waals surface area contributed by atoms with Crippen molar-refractivity contribution in [2.75, 3.05) is 43.5 Å². The second-order valence-electron chi connectivity index (χ2n) is 6.94. The third kappa shape index (κ3) is 6.48. The summed E-state index contributed by atoms with van der Waals surface area (Å²) < 4.78 is 32.0. The molecule has 2 heterocycles. The van der Waals surface area contributed by atoms with Crippen molar-refractivity contribution in [3.05, 3.63) is 48.2 Å². The van der Waals surface area contributed by atoms with E-state index in [1.54, 1.807) is 24.4 Å². The van der Waals surface area contributed by atoms with Crippen LogP contribution >= 0.6 is 0 Å². The topological polar surface area (TPSA) is 130 Å². The number of morpholine rings is 1. The number of rotatable bonds is 7. The molecule has 3 N–H and O–H groups in total. The van der Waals surface area contributed by atoms with E-state index in [4.69, 9.17) is 4.74 Å². The summed E-state index contributed by atoms with van der Waals surface area (Å²) in [6.07, 6.45) is 1.71. The van der Waals surface area contributed by atoms with Crippen molar-refractivity contribution < 1.29 is 22.7 Å². The number of sulfonamides is 1. The maximum Gasteiger partial charge on any atom is 0.319 e. The summed E-state index contributed by atoms with van der Waals surface area (Å²) in [7, 11) is -3.66. The number of nitrogens with one attached hydrogen (secondary N) is 3. The summed E-state index contributed by atoms with van der Waals surface area (Å²) in [6.45, 7) is 3.30. The molecule has 0 aliphatic carbocycles. The lowest BCUT2D eigenvalue weighted by Gasteiger charge is -2.26. The fraction of sp³-hybridized carbons (Fsp3) is 0.350. The Morgan fingerprint density at radius 1 is 1.13 bits per heavy atom. The van der Waals surface area contributed by atoms with Crippen LogP contribution in [0.2, 0.25) is 0 Å². The van der Waals surface area contributed by atoms with Gasteiger partial charge < -0.3 is 20.7 Å². The summed E-state index contributed by atoms with van der Waals surface area (Å²) >= 11 is 0. The van der Waals surface area contributed by atoms with E-state index in [2.05, 4.69) is 20.9 Å². The Hall–Kier alpha value is -3.02. The van der Waals surface area contributed by atoms with Crippen LogP contribution in [0.25, 0.3) is 0 Å². The minimum Gasteiger partial charge on any atom is -0.379 e. The number of carbonyl (C=O) groups is 2. The fourth-order valence-electron chi connectivity index (χ4n) is 2.88. The second kappa shape index (κ2) is 10.3. The molecule has 0 saturated carbocycles. The maximum atomic E-state index is 12.7. The van der Waals surface area contributed by atoms with Crippen LogP contribution in [0.5, 0.6) is 0 Å². The number of hydrogen-bond acceptors (Lipinski definition) is 6. The highest BCUT2D eigenvalue weighted by Crippen LogP contribution is 2.20. The number of pyridine rings is 1. The van der Waals surface area contributed by atoms with Crippen LogP contribution in [0.4, 0.5) is 16.3 Å². The molecule has 0 radical (unpaired) electrons. The van der Waals surface area contributed by atoms with Crippen molar-refractivity contribution in [1.29, 1.82) is 0 Å². The normalized spacial score (nSPS) is 14.6. The molecule has 2 aromatic rings. The number of hydrogen-bond donors (Lipinski definition) is 3. The second-order valence-corrected chi connectivity index (χ2v) is 8.88. The Labute approximate surface area is 181 Å². The van der Waals surface area contributed by atoms with Gasteiger partial charge in [0.1, 0.15) is 5.82 Å². The van der Waals surface area contributed by atoms with Crippen LogP contribution in [0, 0.1) is 6.92 Å². The summed E-state index contributed by atoms with van der Waals surface area (Å²) in [5, 5.41) is 7.80. The van der Waals surface area contributed by atoms with Crippen molar-refractivity contribution in [1.82, 2.24) is 14.6 Å². The first-order valence-electron chi connectivity index (χ1n) is 9.80. The monoisotopic (exact) mass is 447 g/mol. The number of urea groups is 1. The first kappa shape index (κ1) is 22.7. The first-order chi connectivity index (χ1) is 14.8. The maximum absolute atomic E-state index is 12.7. The number of amides is 3. The average Bonchev–Trinajstić information content (AvgIpc) is 2.76. The van der Waals surface area contributed by atoms with Crippen molar-refractivity contribution >= 4 is 33.5 Å². The van der Waals surface area contributed by atoms with Crippen LogP contribution in [-0.4, -0.2) is 62.5 Å². The lowest BCUT2D eigenvalue weighted by molar-refractivity contribution is -0.116. The molecule has 0 bridgehead atoms. The van der Waals surface area contributed by atoms with Gasteiger partial charge in [-0.2, -0.15) is 4.31 Å². The number of aryl methyl sites for hydroxylation is 1. The fourth-order valence-corrected chi connectivity index (χ4v) is 4.34. The summed E-state index contributed by atoms with van der Waals surface area (Å²) in [6, 6.07) is 9.03. The van der Waals surface area contributed by atoms with Gasteiger partial charge in [0.05, 0.1) is 18.1 Å². The lowest BCUT2D eigenvalue weighted by Crippen LogP contribution is -2.40. The van der Waals surface area contributed by atoms with E-state index in [-0.39, 0.29) is 23.8 Å². The number of carbonyl (C=O) groups excluding carboxylic acids is 2. The number of anilines is 2. The molecule has 166 valence electrons. The Balaban J connectivity index is 1.48. The van der Waals surface area contributed by atoms with Crippen molar-refractivity contribution in [2.24, 2.45) is 0 Å². The van der Waals surface area contributed by atoms with E-state index in [9.17, 15) is 18.0 Å².